The summed E-state index contributed by atoms with van der Waals surface area (Å²) in [5.41, 5.74) is 3.03. The van der Waals surface area contributed by atoms with Gasteiger partial charge in [-0.2, -0.15) is 20.2 Å². The Balaban J connectivity index is 1.46. The summed E-state index contributed by atoms with van der Waals surface area (Å²) in [6.07, 6.45) is 1.31. The molecule has 3 aromatic carbocycles. The van der Waals surface area contributed by atoms with Gasteiger partial charge in [0.05, 0.1) is 22.5 Å². The molecule has 0 bridgehead atoms. The summed E-state index contributed by atoms with van der Waals surface area (Å²) in [7, 11) is 0. The maximum Gasteiger partial charge on any atom is 0.282 e. The summed E-state index contributed by atoms with van der Waals surface area (Å²) in [5, 5.41) is 12.0. The van der Waals surface area contributed by atoms with Crippen LogP contribution in [0.4, 0.5) is 5.69 Å². The van der Waals surface area contributed by atoms with E-state index in [2.05, 4.69) is 26.1 Å². The van der Waals surface area contributed by atoms with Crippen molar-refractivity contribution in [3.05, 3.63) is 75.8 Å². The molecule has 5 rings (SSSR count). The van der Waals surface area contributed by atoms with Crippen LogP contribution in [0.3, 0.4) is 0 Å². The number of imide groups is 1. The van der Waals surface area contributed by atoms with Crippen LogP contribution >= 0.6 is 15.9 Å². The summed E-state index contributed by atoms with van der Waals surface area (Å²) in [5.74, 6) is -2.12. The minimum Gasteiger partial charge on any atom is -0.271 e. The van der Waals surface area contributed by atoms with E-state index in [1.807, 2.05) is 37.3 Å². The molecule has 3 aromatic rings. The van der Waals surface area contributed by atoms with Crippen LogP contribution in [0.25, 0.3) is 10.8 Å². The third-order valence-corrected chi connectivity index (χ3v) is 6.32. The summed E-state index contributed by atoms with van der Waals surface area (Å²) in [6.45, 7) is 3.68. The van der Waals surface area contributed by atoms with Gasteiger partial charge in [0.1, 0.15) is 5.92 Å². The molecule has 3 amide bonds. The first kappa shape index (κ1) is 20.3. The Bertz CT molecular complexity index is 1360. The normalized spacial score (nSPS) is 18.3. The highest BCUT2D eigenvalue weighted by Gasteiger charge is 2.36. The molecule has 7 nitrogen and oxygen atoms in total. The van der Waals surface area contributed by atoms with E-state index in [0.29, 0.717) is 27.9 Å². The number of hydrazone groups is 2. The fourth-order valence-electron chi connectivity index (χ4n) is 3.91. The van der Waals surface area contributed by atoms with Crippen molar-refractivity contribution in [1.29, 1.82) is 0 Å². The SMILES string of the molecule is CC1=NN(c2ccc(C)cc2)C(=O)C1/C=N/N1C(=O)c2cccc3c(Br)ccc(c23)C1=O. The highest BCUT2D eigenvalue weighted by molar-refractivity contribution is 9.10. The summed E-state index contributed by atoms with van der Waals surface area (Å²) in [6, 6.07) is 16.2. The van der Waals surface area contributed by atoms with Gasteiger partial charge in [0.25, 0.3) is 17.7 Å². The van der Waals surface area contributed by atoms with Crippen molar-refractivity contribution in [2.24, 2.45) is 16.1 Å². The first-order chi connectivity index (χ1) is 15.4. The number of hydrogen-bond acceptors (Lipinski definition) is 5. The molecule has 0 fully saturated rings. The number of amides is 3. The molecule has 158 valence electrons. The molecule has 0 saturated heterocycles. The third-order valence-electron chi connectivity index (χ3n) is 5.63. The zero-order chi connectivity index (χ0) is 22.6. The van der Waals surface area contributed by atoms with Crippen LogP contribution in [0, 0.1) is 12.8 Å². The van der Waals surface area contributed by atoms with Crippen LogP contribution in [-0.4, -0.2) is 34.7 Å². The van der Waals surface area contributed by atoms with Gasteiger partial charge >= 0.3 is 0 Å². The highest BCUT2D eigenvalue weighted by Crippen LogP contribution is 2.34. The van der Waals surface area contributed by atoms with Crippen molar-refractivity contribution in [1.82, 2.24) is 5.01 Å². The van der Waals surface area contributed by atoms with Crippen LogP contribution < -0.4 is 5.01 Å². The number of aryl methyl sites for hydroxylation is 1. The van der Waals surface area contributed by atoms with Gasteiger partial charge in [0.15, 0.2) is 0 Å². The lowest BCUT2D eigenvalue weighted by Gasteiger charge is -2.23. The Morgan fingerprint density at radius 1 is 0.938 bits per heavy atom. The van der Waals surface area contributed by atoms with E-state index < -0.39 is 17.7 Å². The molecule has 2 heterocycles. The molecule has 0 radical (unpaired) electrons. The number of hydrogen-bond donors (Lipinski definition) is 0. The van der Waals surface area contributed by atoms with Crippen LogP contribution in [0.1, 0.15) is 33.2 Å². The van der Waals surface area contributed by atoms with Crippen molar-refractivity contribution in [3.63, 3.8) is 0 Å². The van der Waals surface area contributed by atoms with Gasteiger partial charge in [-0.25, -0.2) is 0 Å². The summed E-state index contributed by atoms with van der Waals surface area (Å²) >= 11 is 3.47. The average Bonchev–Trinajstić information content (AvgIpc) is 3.07. The van der Waals surface area contributed by atoms with E-state index in [1.165, 1.54) is 11.2 Å². The predicted molar refractivity (Wildman–Crippen MR) is 126 cm³/mol. The number of anilines is 1. The number of carbonyl (C=O) groups is 3. The number of benzene rings is 3. The van der Waals surface area contributed by atoms with Crippen molar-refractivity contribution in [3.8, 4) is 0 Å². The fraction of sp³-hybridized carbons (Fsp3) is 0.125. The minimum absolute atomic E-state index is 0.293. The highest BCUT2D eigenvalue weighted by atomic mass is 79.9. The van der Waals surface area contributed by atoms with Gasteiger partial charge in [0, 0.05) is 16.1 Å². The fourth-order valence-corrected chi connectivity index (χ4v) is 4.37. The van der Waals surface area contributed by atoms with Gasteiger partial charge in [0.2, 0.25) is 0 Å². The number of rotatable bonds is 3. The third kappa shape index (κ3) is 3.06. The lowest BCUT2D eigenvalue weighted by atomic mass is 9.95. The van der Waals surface area contributed by atoms with Gasteiger partial charge in [-0.15, -0.1) is 0 Å². The molecule has 1 unspecified atom stereocenters. The van der Waals surface area contributed by atoms with E-state index >= 15 is 0 Å². The molecule has 8 heteroatoms. The van der Waals surface area contributed by atoms with Crippen molar-refractivity contribution < 1.29 is 14.4 Å². The first-order valence-corrected chi connectivity index (χ1v) is 10.8. The second kappa shape index (κ2) is 7.49. The molecule has 0 N–H and O–H groups in total. The standard InChI is InChI=1S/C24H17BrN4O3/c1-13-6-8-15(9-7-13)28-24(32)19(14(2)27-28)12-26-29-22(30)17-5-3-4-16-20(25)11-10-18(21(16)17)23(29)31/h3-12,19H,1-2H3/b26-12+. The van der Waals surface area contributed by atoms with Crippen LogP contribution in [0.15, 0.2) is 69.3 Å². The second-order valence-corrected chi connectivity index (χ2v) is 8.57. The number of nitrogens with zero attached hydrogens (tertiary/aromatic N) is 4. The molecule has 0 aliphatic carbocycles. The molecule has 2 aliphatic rings. The van der Waals surface area contributed by atoms with Gasteiger partial charge in [-0.3, -0.25) is 14.4 Å². The molecular weight excluding hydrogens is 472 g/mol. The van der Waals surface area contributed by atoms with Gasteiger partial charge < -0.3 is 0 Å². The van der Waals surface area contributed by atoms with Gasteiger partial charge in [-0.05, 0) is 49.6 Å². The Morgan fingerprint density at radius 2 is 1.62 bits per heavy atom. The molecular formula is C24H17BrN4O3. The molecule has 0 aromatic heterocycles. The number of carbonyl (C=O) groups excluding carboxylic acids is 3. The van der Waals surface area contributed by atoms with E-state index in [-0.39, 0.29) is 5.91 Å². The largest absolute Gasteiger partial charge is 0.282 e. The summed E-state index contributed by atoms with van der Waals surface area (Å²) < 4.78 is 0.801. The Hall–Kier alpha value is -3.65. The zero-order valence-corrected chi connectivity index (χ0v) is 18.8. The smallest absolute Gasteiger partial charge is 0.271 e. The first-order valence-electron chi connectivity index (χ1n) is 9.96. The van der Waals surface area contributed by atoms with Crippen LogP contribution in [0.5, 0.6) is 0 Å². The van der Waals surface area contributed by atoms with Gasteiger partial charge in [-0.1, -0.05) is 45.8 Å². The predicted octanol–water partition coefficient (Wildman–Crippen LogP) is 4.53. The van der Waals surface area contributed by atoms with Crippen LogP contribution in [-0.2, 0) is 4.79 Å². The van der Waals surface area contributed by atoms with Crippen molar-refractivity contribution in [2.75, 3.05) is 5.01 Å². The van der Waals surface area contributed by atoms with E-state index in [1.54, 1.807) is 31.2 Å². The minimum atomic E-state index is -0.765. The Kier molecular flexibility index (Phi) is 4.74. The molecule has 32 heavy (non-hydrogen) atoms. The molecule has 0 spiro atoms. The van der Waals surface area contributed by atoms with E-state index in [9.17, 15) is 14.4 Å². The maximum absolute atomic E-state index is 13.1. The Morgan fingerprint density at radius 3 is 2.34 bits per heavy atom. The summed E-state index contributed by atoms with van der Waals surface area (Å²) in [4.78, 5) is 39.1. The maximum atomic E-state index is 13.1. The van der Waals surface area contributed by atoms with E-state index in [4.69, 9.17) is 0 Å². The van der Waals surface area contributed by atoms with Crippen molar-refractivity contribution >= 4 is 62.0 Å². The zero-order valence-electron chi connectivity index (χ0n) is 17.2. The topological polar surface area (TPSA) is 82.4 Å². The average molecular weight is 489 g/mol. The van der Waals surface area contributed by atoms with E-state index in [0.717, 1.165) is 20.4 Å². The quantitative estimate of drug-likeness (QED) is 0.401. The van der Waals surface area contributed by atoms with Crippen LogP contribution in [0.2, 0.25) is 0 Å². The molecule has 2 aliphatic heterocycles. The number of halogens is 1. The lowest BCUT2D eigenvalue weighted by molar-refractivity contribution is -0.118. The second-order valence-electron chi connectivity index (χ2n) is 7.71. The van der Waals surface area contributed by atoms with Crippen molar-refractivity contribution in [2.45, 2.75) is 13.8 Å². The molecule has 0 saturated carbocycles. The lowest BCUT2D eigenvalue weighted by Crippen LogP contribution is -2.37. The molecule has 1 atom stereocenters. The monoisotopic (exact) mass is 488 g/mol. The Labute approximate surface area is 192 Å².